The number of hydrogen-bond donors (Lipinski definition) is 0. The molecule has 0 N–H and O–H groups in total. The average Bonchev–Trinajstić information content (AvgIpc) is 3.04. The van der Waals surface area contributed by atoms with Crippen molar-refractivity contribution in [3.8, 4) is 0 Å². The van der Waals surface area contributed by atoms with Gasteiger partial charge in [0.2, 0.25) is 5.89 Å². The summed E-state index contributed by atoms with van der Waals surface area (Å²) in [4.78, 5) is 11.2. The topological polar surface area (TPSA) is 55.1 Å². The third kappa shape index (κ3) is 3.91. The van der Waals surface area contributed by atoms with Crippen molar-refractivity contribution in [3.63, 3.8) is 0 Å². The molecule has 0 radical (unpaired) electrons. The van der Waals surface area contributed by atoms with Gasteiger partial charge in [-0.05, 0) is 24.5 Å². The predicted molar refractivity (Wildman–Crippen MR) is 84.0 cm³/mol. The summed E-state index contributed by atoms with van der Waals surface area (Å²) in [6.07, 6.45) is 11.1. The highest BCUT2D eigenvalue weighted by Gasteiger charge is 2.23. The number of hydrogen-bond acceptors (Lipinski definition) is 5. The number of pyridine rings is 1. The normalized spacial score (nSPS) is 16.3. The first-order valence-electron chi connectivity index (χ1n) is 8.29. The zero-order chi connectivity index (χ0) is 15.2. The van der Waals surface area contributed by atoms with E-state index in [-0.39, 0.29) is 0 Å². The van der Waals surface area contributed by atoms with Crippen LogP contribution in [0.2, 0.25) is 0 Å². The number of aromatic nitrogens is 3. The van der Waals surface area contributed by atoms with Gasteiger partial charge < -0.3 is 4.52 Å². The van der Waals surface area contributed by atoms with E-state index in [0.717, 1.165) is 31.2 Å². The Bertz CT molecular complexity index is 563. The Hall–Kier alpha value is -1.75. The highest BCUT2D eigenvalue weighted by Crippen LogP contribution is 2.25. The Morgan fingerprint density at radius 1 is 1.23 bits per heavy atom. The maximum absolute atomic E-state index is 5.25. The molecule has 0 atom stereocenters. The molecule has 2 heterocycles. The van der Waals surface area contributed by atoms with Gasteiger partial charge in [0.15, 0.2) is 5.82 Å². The molecule has 5 nitrogen and oxygen atoms in total. The fourth-order valence-electron chi connectivity index (χ4n) is 3.17. The Morgan fingerprint density at radius 2 is 2.09 bits per heavy atom. The molecule has 0 aliphatic heterocycles. The van der Waals surface area contributed by atoms with Crippen LogP contribution in [0.1, 0.15) is 56.3 Å². The van der Waals surface area contributed by atoms with Crippen molar-refractivity contribution >= 4 is 0 Å². The summed E-state index contributed by atoms with van der Waals surface area (Å²) < 4.78 is 5.25. The quantitative estimate of drug-likeness (QED) is 0.818. The third-order valence-corrected chi connectivity index (χ3v) is 4.36. The van der Waals surface area contributed by atoms with Crippen molar-refractivity contribution in [2.24, 2.45) is 0 Å². The maximum Gasteiger partial charge on any atom is 0.226 e. The van der Waals surface area contributed by atoms with Crippen LogP contribution in [-0.4, -0.2) is 26.1 Å². The molecule has 0 aromatic carbocycles. The molecule has 0 spiro atoms. The first-order chi connectivity index (χ1) is 10.8. The van der Waals surface area contributed by atoms with Gasteiger partial charge in [0, 0.05) is 31.4 Å². The lowest BCUT2D eigenvalue weighted by molar-refractivity contribution is 0.135. The first-order valence-corrected chi connectivity index (χ1v) is 8.29. The van der Waals surface area contributed by atoms with E-state index in [1.807, 2.05) is 25.4 Å². The van der Waals surface area contributed by atoms with Gasteiger partial charge in [0.1, 0.15) is 0 Å². The molecule has 118 valence electrons. The smallest absolute Gasteiger partial charge is 0.226 e. The van der Waals surface area contributed by atoms with Crippen molar-refractivity contribution in [2.75, 3.05) is 0 Å². The third-order valence-electron chi connectivity index (χ3n) is 4.36. The molecule has 1 aliphatic rings. The molecular formula is C17H24N4O. The number of rotatable bonds is 6. The highest BCUT2D eigenvalue weighted by atomic mass is 16.5. The van der Waals surface area contributed by atoms with Crippen molar-refractivity contribution < 1.29 is 4.52 Å². The van der Waals surface area contributed by atoms with Crippen molar-refractivity contribution in [2.45, 2.75) is 64.6 Å². The fourth-order valence-corrected chi connectivity index (χ4v) is 3.17. The van der Waals surface area contributed by atoms with E-state index in [4.69, 9.17) is 4.52 Å². The molecule has 2 aromatic heterocycles. The molecule has 2 aromatic rings. The van der Waals surface area contributed by atoms with E-state index in [1.54, 1.807) is 0 Å². The van der Waals surface area contributed by atoms with Crippen LogP contribution in [-0.2, 0) is 19.5 Å². The van der Waals surface area contributed by atoms with Crippen LogP contribution in [0, 0.1) is 0 Å². The molecule has 1 saturated carbocycles. The van der Waals surface area contributed by atoms with Gasteiger partial charge in [0.25, 0.3) is 0 Å². The van der Waals surface area contributed by atoms with E-state index in [1.165, 1.54) is 37.7 Å². The standard InChI is InChI=1S/C17H24N4O/c1-2-17-19-16(20-22-17)13-21(15-8-4-3-5-9-15)12-14-7-6-10-18-11-14/h6-7,10-11,15H,2-5,8-9,12-13H2,1H3. The lowest BCUT2D eigenvalue weighted by atomic mass is 9.94. The molecule has 5 heteroatoms. The van der Waals surface area contributed by atoms with Gasteiger partial charge in [-0.25, -0.2) is 0 Å². The summed E-state index contributed by atoms with van der Waals surface area (Å²) >= 11 is 0. The van der Waals surface area contributed by atoms with Crippen LogP contribution in [0.15, 0.2) is 29.0 Å². The molecule has 1 aliphatic carbocycles. The lowest BCUT2D eigenvalue weighted by Crippen LogP contribution is -2.36. The van der Waals surface area contributed by atoms with E-state index < -0.39 is 0 Å². The van der Waals surface area contributed by atoms with Gasteiger partial charge in [-0.1, -0.05) is 37.4 Å². The van der Waals surface area contributed by atoms with Crippen LogP contribution in [0.4, 0.5) is 0 Å². The summed E-state index contributed by atoms with van der Waals surface area (Å²) in [6, 6.07) is 4.74. The molecule has 0 amide bonds. The highest BCUT2D eigenvalue weighted by molar-refractivity contribution is 5.08. The fraction of sp³-hybridized carbons (Fsp3) is 0.588. The Labute approximate surface area is 131 Å². The number of aryl methyl sites for hydroxylation is 1. The summed E-state index contributed by atoms with van der Waals surface area (Å²) in [5.74, 6) is 1.52. The van der Waals surface area contributed by atoms with Gasteiger partial charge >= 0.3 is 0 Å². The molecule has 3 rings (SSSR count). The van der Waals surface area contributed by atoms with E-state index in [2.05, 4.69) is 26.1 Å². The Morgan fingerprint density at radius 3 is 2.77 bits per heavy atom. The Kier molecular flexibility index (Phi) is 5.16. The largest absolute Gasteiger partial charge is 0.339 e. The van der Waals surface area contributed by atoms with Crippen molar-refractivity contribution in [3.05, 3.63) is 41.8 Å². The minimum atomic E-state index is 0.609. The second kappa shape index (κ2) is 7.49. The number of nitrogens with zero attached hydrogens (tertiary/aromatic N) is 4. The second-order valence-electron chi connectivity index (χ2n) is 6.02. The molecule has 0 bridgehead atoms. The minimum absolute atomic E-state index is 0.609. The molecule has 0 saturated heterocycles. The zero-order valence-corrected chi connectivity index (χ0v) is 13.2. The van der Waals surface area contributed by atoms with Gasteiger partial charge in [-0.2, -0.15) is 4.98 Å². The van der Waals surface area contributed by atoms with Crippen LogP contribution >= 0.6 is 0 Å². The van der Waals surface area contributed by atoms with Crippen LogP contribution in [0.5, 0.6) is 0 Å². The molecule has 1 fully saturated rings. The van der Waals surface area contributed by atoms with Crippen LogP contribution < -0.4 is 0 Å². The van der Waals surface area contributed by atoms with Crippen molar-refractivity contribution in [1.29, 1.82) is 0 Å². The van der Waals surface area contributed by atoms with Gasteiger partial charge in [-0.3, -0.25) is 9.88 Å². The lowest BCUT2D eigenvalue weighted by Gasteiger charge is -2.33. The summed E-state index contributed by atoms with van der Waals surface area (Å²) in [6.45, 7) is 3.68. The summed E-state index contributed by atoms with van der Waals surface area (Å²) in [5, 5.41) is 4.12. The second-order valence-corrected chi connectivity index (χ2v) is 6.02. The Balaban J connectivity index is 1.72. The first kappa shape index (κ1) is 15.2. The zero-order valence-electron chi connectivity index (χ0n) is 13.2. The predicted octanol–water partition coefficient (Wildman–Crippen LogP) is 3.36. The molecule has 22 heavy (non-hydrogen) atoms. The SMILES string of the molecule is CCc1nc(CN(Cc2cccnc2)C2CCCCC2)no1. The average molecular weight is 300 g/mol. The maximum atomic E-state index is 5.25. The van der Waals surface area contributed by atoms with E-state index >= 15 is 0 Å². The molecular weight excluding hydrogens is 276 g/mol. The van der Waals surface area contributed by atoms with E-state index in [0.29, 0.717) is 6.04 Å². The molecule has 0 unspecified atom stereocenters. The van der Waals surface area contributed by atoms with Crippen LogP contribution in [0.3, 0.4) is 0 Å². The van der Waals surface area contributed by atoms with Crippen LogP contribution in [0.25, 0.3) is 0 Å². The van der Waals surface area contributed by atoms with E-state index in [9.17, 15) is 0 Å². The summed E-state index contributed by atoms with van der Waals surface area (Å²) in [7, 11) is 0. The summed E-state index contributed by atoms with van der Waals surface area (Å²) in [5.41, 5.74) is 1.24. The monoisotopic (exact) mass is 300 g/mol. The van der Waals surface area contributed by atoms with Gasteiger partial charge in [0.05, 0.1) is 6.54 Å². The van der Waals surface area contributed by atoms with Crippen molar-refractivity contribution in [1.82, 2.24) is 20.0 Å². The minimum Gasteiger partial charge on any atom is -0.339 e. The van der Waals surface area contributed by atoms with Gasteiger partial charge in [-0.15, -0.1) is 0 Å².